The maximum atomic E-state index is 2.58. The Morgan fingerprint density at radius 2 is 0.906 bits per heavy atom. The molecule has 0 saturated heterocycles. The second-order valence-corrected chi connectivity index (χ2v) is 16.4. The molecule has 1 heterocycles. The maximum Gasteiger partial charge on any atom is 0.0594 e. The molecule has 0 amide bonds. The second kappa shape index (κ2) is 9.82. The molecule has 8 aromatic carbocycles. The van der Waals surface area contributed by atoms with Gasteiger partial charge in [-0.15, -0.1) is 0 Å². The lowest BCUT2D eigenvalue weighted by Crippen LogP contribution is -2.19. The highest BCUT2D eigenvalue weighted by molar-refractivity contribution is 6.22. The first-order chi connectivity index (χ1) is 25.9. The van der Waals surface area contributed by atoms with Crippen LogP contribution in [0.15, 0.2) is 152 Å². The summed E-state index contributed by atoms with van der Waals surface area (Å²) < 4.78 is 2.58. The van der Waals surface area contributed by atoms with Crippen molar-refractivity contribution in [2.45, 2.75) is 38.5 Å². The fourth-order valence-electron chi connectivity index (χ4n) is 10.9. The van der Waals surface area contributed by atoms with Crippen molar-refractivity contribution in [3.63, 3.8) is 0 Å². The zero-order chi connectivity index (χ0) is 35.4. The van der Waals surface area contributed by atoms with E-state index in [1.54, 1.807) is 0 Å². The van der Waals surface area contributed by atoms with Gasteiger partial charge in [0.2, 0.25) is 0 Å². The van der Waals surface area contributed by atoms with E-state index in [-0.39, 0.29) is 10.8 Å². The Balaban J connectivity index is 1.15. The predicted octanol–water partition coefficient (Wildman–Crippen LogP) is 13.9. The topological polar surface area (TPSA) is 4.93 Å². The van der Waals surface area contributed by atoms with E-state index in [9.17, 15) is 0 Å². The zero-order valence-electron chi connectivity index (χ0n) is 30.4. The minimum absolute atomic E-state index is 0.135. The summed E-state index contributed by atoms with van der Waals surface area (Å²) in [6.07, 6.45) is 0. The Morgan fingerprint density at radius 3 is 1.62 bits per heavy atom. The average molecular weight is 676 g/mol. The van der Waals surface area contributed by atoms with Crippen LogP contribution in [0.25, 0.3) is 93.9 Å². The first-order valence-electron chi connectivity index (χ1n) is 19.0. The second-order valence-electron chi connectivity index (χ2n) is 16.4. The van der Waals surface area contributed by atoms with E-state index in [1.165, 1.54) is 116 Å². The third kappa shape index (κ3) is 3.49. The normalized spacial score (nSPS) is 15.1. The van der Waals surface area contributed by atoms with E-state index in [0.29, 0.717) is 0 Å². The highest BCUT2D eigenvalue weighted by atomic mass is 15.0. The quantitative estimate of drug-likeness (QED) is 0.172. The van der Waals surface area contributed by atoms with Gasteiger partial charge in [0.15, 0.2) is 0 Å². The number of hydrogen-bond donors (Lipinski definition) is 0. The van der Waals surface area contributed by atoms with Crippen LogP contribution in [-0.2, 0) is 10.8 Å². The molecule has 0 bridgehead atoms. The van der Waals surface area contributed by atoms with E-state index in [1.807, 2.05) is 0 Å². The van der Waals surface area contributed by atoms with Gasteiger partial charge in [-0.3, -0.25) is 0 Å². The summed E-state index contributed by atoms with van der Waals surface area (Å²) in [4.78, 5) is 0. The lowest BCUT2D eigenvalue weighted by atomic mass is 9.76. The summed E-state index contributed by atoms with van der Waals surface area (Å²) in [5.74, 6) is 0. The molecule has 250 valence electrons. The smallest absolute Gasteiger partial charge is 0.0594 e. The predicted molar refractivity (Wildman–Crippen MR) is 223 cm³/mol. The van der Waals surface area contributed by atoms with Crippen LogP contribution in [0.4, 0.5) is 0 Å². The number of para-hydroxylation sites is 1. The van der Waals surface area contributed by atoms with Crippen LogP contribution in [0, 0.1) is 0 Å². The molecule has 0 atom stereocenters. The van der Waals surface area contributed by atoms with Gasteiger partial charge in [0.1, 0.15) is 0 Å². The summed E-state index contributed by atoms with van der Waals surface area (Å²) in [6.45, 7) is 9.76. The molecule has 1 nitrogen and oxygen atoms in total. The monoisotopic (exact) mass is 675 g/mol. The van der Waals surface area contributed by atoms with E-state index in [0.717, 1.165) is 0 Å². The minimum atomic E-state index is -0.182. The maximum absolute atomic E-state index is 2.58. The van der Waals surface area contributed by atoms with Crippen LogP contribution in [0.1, 0.15) is 49.9 Å². The van der Waals surface area contributed by atoms with Crippen molar-refractivity contribution < 1.29 is 0 Å². The van der Waals surface area contributed by atoms with Crippen LogP contribution in [0.5, 0.6) is 0 Å². The SMILES string of the molecule is CC1(C)c2ccccc2-c2c1c1c(c3c2c2ccccc2n3-c2ccc(-c3ccc4c5c(cccc35)-c3ccccc3-4)cc2)C(C)(C)c2ccccc2-1. The van der Waals surface area contributed by atoms with Gasteiger partial charge in [-0.25, -0.2) is 0 Å². The molecule has 0 aliphatic heterocycles. The molecule has 3 aliphatic carbocycles. The third-order valence-electron chi connectivity index (χ3n) is 13.1. The van der Waals surface area contributed by atoms with Gasteiger partial charge in [0.05, 0.1) is 11.0 Å². The van der Waals surface area contributed by atoms with Crippen molar-refractivity contribution in [1.29, 1.82) is 0 Å². The van der Waals surface area contributed by atoms with Crippen molar-refractivity contribution >= 4 is 32.6 Å². The Kier molecular flexibility index (Phi) is 5.45. The summed E-state index contributed by atoms with van der Waals surface area (Å²) >= 11 is 0. The lowest BCUT2D eigenvalue weighted by Gasteiger charge is -2.28. The average Bonchev–Trinajstić information content (AvgIpc) is 3.85. The number of fused-ring (bicyclic) bond motifs is 15. The van der Waals surface area contributed by atoms with Gasteiger partial charge in [-0.1, -0.05) is 161 Å². The molecule has 0 fully saturated rings. The molecule has 0 unspecified atom stereocenters. The van der Waals surface area contributed by atoms with Crippen molar-refractivity contribution in [2.24, 2.45) is 0 Å². The summed E-state index contributed by atoms with van der Waals surface area (Å²) in [7, 11) is 0. The van der Waals surface area contributed by atoms with Crippen molar-refractivity contribution in [2.75, 3.05) is 0 Å². The summed E-state index contributed by atoms with van der Waals surface area (Å²) in [5, 5.41) is 5.38. The van der Waals surface area contributed by atoms with Gasteiger partial charge in [0.25, 0.3) is 0 Å². The first kappa shape index (κ1) is 29.4. The molecular weight excluding hydrogens is 639 g/mol. The van der Waals surface area contributed by atoms with Gasteiger partial charge in [-0.05, 0) is 107 Å². The fourth-order valence-corrected chi connectivity index (χ4v) is 10.9. The Morgan fingerprint density at radius 1 is 0.377 bits per heavy atom. The Bertz CT molecular complexity index is 3060. The first-order valence-corrected chi connectivity index (χ1v) is 19.0. The van der Waals surface area contributed by atoms with Crippen LogP contribution in [0.2, 0.25) is 0 Å². The molecule has 0 radical (unpaired) electrons. The highest BCUT2D eigenvalue weighted by Crippen LogP contribution is 2.63. The third-order valence-corrected chi connectivity index (χ3v) is 13.1. The molecule has 1 aromatic heterocycles. The summed E-state index contributed by atoms with van der Waals surface area (Å²) in [5.41, 5.74) is 22.7. The number of hydrogen-bond acceptors (Lipinski definition) is 0. The van der Waals surface area contributed by atoms with Gasteiger partial charge < -0.3 is 4.57 Å². The molecule has 12 rings (SSSR count). The fraction of sp³-hybridized carbons (Fsp3) is 0.115. The van der Waals surface area contributed by atoms with E-state index in [4.69, 9.17) is 0 Å². The largest absolute Gasteiger partial charge is 0.309 e. The summed E-state index contributed by atoms with van der Waals surface area (Å²) in [6, 6.07) is 57.1. The number of nitrogens with zero attached hydrogens (tertiary/aromatic N) is 1. The van der Waals surface area contributed by atoms with Gasteiger partial charge in [0, 0.05) is 27.3 Å². The van der Waals surface area contributed by atoms with E-state index < -0.39 is 0 Å². The Hall–Kier alpha value is -6.18. The van der Waals surface area contributed by atoms with Gasteiger partial charge in [-0.2, -0.15) is 0 Å². The van der Waals surface area contributed by atoms with Crippen molar-refractivity contribution in [1.82, 2.24) is 4.57 Å². The van der Waals surface area contributed by atoms with E-state index in [2.05, 4.69) is 184 Å². The molecule has 0 spiro atoms. The minimum Gasteiger partial charge on any atom is -0.309 e. The molecule has 0 saturated carbocycles. The standard InChI is InChI=1S/C52H37N/c1-51(2)41-21-10-7-16-38(41)45-46-40-18-9-12-23-43(40)53(50(46)49-47(48(45)51)39-17-8-11-22-42(39)52(49,3)4)31-26-24-30(25-27-31)32-28-29-37-34-15-6-5-14-33(34)36-20-13-19-35(32)44(36)37/h5-29H,1-4H3. The van der Waals surface area contributed by atoms with Crippen molar-refractivity contribution in [3.8, 4) is 61.3 Å². The molecular formula is C52H37N. The Labute approximate surface area is 309 Å². The van der Waals surface area contributed by atoms with Gasteiger partial charge >= 0.3 is 0 Å². The number of rotatable bonds is 2. The van der Waals surface area contributed by atoms with Crippen LogP contribution in [-0.4, -0.2) is 4.57 Å². The molecule has 1 heteroatoms. The molecule has 3 aliphatic rings. The highest BCUT2D eigenvalue weighted by Gasteiger charge is 2.47. The number of benzene rings is 8. The number of aromatic nitrogens is 1. The van der Waals surface area contributed by atoms with E-state index >= 15 is 0 Å². The lowest BCUT2D eigenvalue weighted by molar-refractivity contribution is 0.650. The van der Waals surface area contributed by atoms with Crippen LogP contribution < -0.4 is 0 Å². The van der Waals surface area contributed by atoms with Crippen LogP contribution in [0.3, 0.4) is 0 Å². The van der Waals surface area contributed by atoms with Crippen LogP contribution >= 0.6 is 0 Å². The molecule has 9 aromatic rings. The molecule has 53 heavy (non-hydrogen) atoms. The zero-order valence-corrected chi connectivity index (χ0v) is 30.4. The molecule has 0 N–H and O–H groups in total. The van der Waals surface area contributed by atoms with Crippen molar-refractivity contribution in [3.05, 3.63) is 174 Å².